The minimum Gasteiger partial charge on any atom is -0.369 e. The van der Waals surface area contributed by atoms with Crippen molar-refractivity contribution in [3.63, 3.8) is 0 Å². The van der Waals surface area contributed by atoms with E-state index in [1.54, 1.807) is 0 Å². The van der Waals surface area contributed by atoms with Gasteiger partial charge in [-0.3, -0.25) is 9.78 Å². The Labute approximate surface area is 108 Å². The van der Waals surface area contributed by atoms with Crippen LogP contribution >= 0.6 is 0 Å². The number of halogens is 3. The van der Waals surface area contributed by atoms with Crippen LogP contribution < -0.4 is 5.32 Å². The highest BCUT2D eigenvalue weighted by atomic mass is 19.4. The summed E-state index contributed by atoms with van der Waals surface area (Å²) in [5.74, 6) is -0.427. The van der Waals surface area contributed by atoms with E-state index >= 15 is 0 Å². The molecular formula is C11H15F3N4O. The summed E-state index contributed by atoms with van der Waals surface area (Å²) in [4.78, 5) is 20.3. The Kier molecular flexibility index (Phi) is 5.08. The van der Waals surface area contributed by atoms with Gasteiger partial charge in [0.05, 0.1) is 12.4 Å². The molecule has 0 aliphatic heterocycles. The van der Waals surface area contributed by atoms with Crippen molar-refractivity contribution in [1.29, 1.82) is 0 Å². The molecule has 0 unspecified atom stereocenters. The molecule has 0 saturated heterocycles. The molecule has 8 heteroatoms. The number of rotatable bonds is 5. The fourth-order valence-electron chi connectivity index (χ4n) is 1.44. The number of alkyl halides is 3. The number of anilines is 1. The molecule has 0 aliphatic carbocycles. The minimum atomic E-state index is -4.43. The zero-order valence-corrected chi connectivity index (χ0v) is 10.7. The third-order valence-corrected chi connectivity index (χ3v) is 2.25. The average Bonchev–Trinajstić information content (AvgIpc) is 2.35. The zero-order valence-electron chi connectivity index (χ0n) is 10.7. The van der Waals surface area contributed by atoms with Crippen molar-refractivity contribution in [1.82, 2.24) is 14.9 Å². The molecule has 1 N–H and O–H groups in total. The summed E-state index contributed by atoms with van der Waals surface area (Å²) < 4.78 is 37.0. The van der Waals surface area contributed by atoms with Gasteiger partial charge in [0, 0.05) is 13.1 Å². The Morgan fingerprint density at radius 1 is 1.37 bits per heavy atom. The fourth-order valence-corrected chi connectivity index (χ4v) is 1.44. The van der Waals surface area contributed by atoms with Crippen LogP contribution in [-0.4, -0.2) is 46.6 Å². The third kappa shape index (κ3) is 4.72. The highest BCUT2D eigenvalue weighted by Gasteiger charge is 2.33. The highest BCUT2D eigenvalue weighted by Crippen LogP contribution is 2.17. The second-order valence-corrected chi connectivity index (χ2v) is 3.75. The molecule has 1 aromatic heterocycles. The van der Waals surface area contributed by atoms with Crippen LogP contribution in [0.5, 0.6) is 0 Å². The molecule has 1 rings (SSSR count). The number of aromatic nitrogens is 2. The predicted octanol–water partition coefficient (Wildman–Crippen LogP) is 1.93. The monoisotopic (exact) mass is 276 g/mol. The molecule has 106 valence electrons. The first-order valence-corrected chi connectivity index (χ1v) is 5.79. The first-order chi connectivity index (χ1) is 8.87. The molecule has 1 amide bonds. The molecular weight excluding hydrogens is 261 g/mol. The van der Waals surface area contributed by atoms with Gasteiger partial charge in [-0.1, -0.05) is 0 Å². The lowest BCUT2D eigenvalue weighted by Crippen LogP contribution is -2.39. The maximum Gasteiger partial charge on any atom is 0.406 e. The molecule has 1 aromatic rings. The van der Waals surface area contributed by atoms with E-state index in [4.69, 9.17) is 0 Å². The normalized spacial score (nSPS) is 11.2. The smallest absolute Gasteiger partial charge is 0.369 e. The van der Waals surface area contributed by atoms with Crippen LogP contribution in [0.1, 0.15) is 24.3 Å². The molecule has 0 aliphatic rings. The van der Waals surface area contributed by atoms with E-state index in [1.165, 1.54) is 13.1 Å². The number of carbonyl (C=O) groups is 1. The first-order valence-electron chi connectivity index (χ1n) is 5.79. The van der Waals surface area contributed by atoms with E-state index in [0.717, 1.165) is 6.20 Å². The maximum absolute atomic E-state index is 12.3. The number of carbonyl (C=O) groups excluding carboxylic acids is 1. The lowest BCUT2D eigenvalue weighted by atomic mass is 10.3. The number of amides is 1. The van der Waals surface area contributed by atoms with Crippen molar-refractivity contribution >= 4 is 11.7 Å². The van der Waals surface area contributed by atoms with Crippen molar-refractivity contribution in [2.75, 3.05) is 25.0 Å². The Hall–Kier alpha value is -1.86. The number of hydrogen-bond acceptors (Lipinski definition) is 4. The van der Waals surface area contributed by atoms with Crippen LogP contribution in [0.25, 0.3) is 0 Å². The molecule has 5 nitrogen and oxygen atoms in total. The number of hydrogen-bond donors (Lipinski definition) is 1. The maximum atomic E-state index is 12.3. The van der Waals surface area contributed by atoms with Crippen molar-refractivity contribution in [3.05, 3.63) is 18.1 Å². The predicted molar refractivity (Wildman–Crippen MR) is 63.8 cm³/mol. The molecule has 0 radical (unpaired) electrons. The Morgan fingerprint density at radius 3 is 2.58 bits per heavy atom. The summed E-state index contributed by atoms with van der Waals surface area (Å²) in [6.07, 6.45) is -1.87. The zero-order chi connectivity index (χ0) is 14.5. The summed E-state index contributed by atoms with van der Waals surface area (Å²) in [7, 11) is 0. The van der Waals surface area contributed by atoms with Crippen molar-refractivity contribution in [2.45, 2.75) is 20.0 Å². The van der Waals surface area contributed by atoms with E-state index in [1.807, 2.05) is 6.92 Å². The molecule has 19 heavy (non-hydrogen) atoms. The van der Waals surface area contributed by atoms with Crippen LogP contribution in [-0.2, 0) is 0 Å². The van der Waals surface area contributed by atoms with E-state index in [2.05, 4.69) is 15.3 Å². The Balaban J connectivity index is 2.88. The van der Waals surface area contributed by atoms with Gasteiger partial charge < -0.3 is 10.2 Å². The molecule has 0 spiro atoms. The summed E-state index contributed by atoms with van der Waals surface area (Å²) in [6.45, 7) is 2.54. The second kappa shape index (κ2) is 6.35. The summed E-state index contributed by atoms with van der Waals surface area (Å²) >= 11 is 0. The molecule has 0 aromatic carbocycles. The molecule has 0 saturated carbocycles. The second-order valence-electron chi connectivity index (χ2n) is 3.75. The van der Waals surface area contributed by atoms with Gasteiger partial charge >= 0.3 is 6.18 Å². The molecule has 0 fully saturated rings. The third-order valence-electron chi connectivity index (χ3n) is 2.25. The minimum absolute atomic E-state index is 0.0501. The van der Waals surface area contributed by atoms with Crippen molar-refractivity contribution < 1.29 is 18.0 Å². The van der Waals surface area contributed by atoms with Gasteiger partial charge in [0.2, 0.25) is 0 Å². The van der Waals surface area contributed by atoms with Gasteiger partial charge in [-0.2, -0.15) is 13.2 Å². The largest absolute Gasteiger partial charge is 0.406 e. The van der Waals surface area contributed by atoms with Gasteiger partial charge in [0.25, 0.3) is 5.91 Å². The van der Waals surface area contributed by atoms with Crippen molar-refractivity contribution in [2.24, 2.45) is 0 Å². The lowest BCUT2D eigenvalue weighted by Gasteiger charge is -2.21. The van der Waals surface area contributed by atoms with Crippen molar-refractivity contribution in [3.8, 4) is 0 Å². The molecule has 0 bridgehead atoms. The van der Waals surface area contributed by atoms with Crippen LogP contribution in [0.4, 0.5) is 19.0 Å². The van der Waals surface area contributed by atoms with Crippen LogP contribution in [0.2, 0.25) is 0 Å². The first kappa shape index (κ1) is 15.2. The van der Waals surface area contributed by atoms with E-state index in [0.29, 0.717) is 17.3 Å². The van der Waals surface area contributed by atoms with Crippen LogP contribution in [0, 0.1) is 0 Å². The summed E-state index contributed by atoms with van der Waals surface area (Å²) in [5, 5.41) is 2.84. The van der Waals surface area contributed by atoms with Gasteiger partial charge in [-0.15, -0.1) is 0 Å². The fraction of sp³-hybridized carbons (Fsp3) is 0.545. The van der Waals surface area contributed by atoms with Gasteiger partial charge in [0.15, 0.2) is 0 Å². The van der Waals surface area contributed by atoms with Gasteiger partial charge in [0.1, 0.15) is 18.1 Å². The molecule has 1 heterocycles. The van der Waals surface area contributed by atoms with Gasteiger partial charge in [-0.05, 0) is 13.8 Å². The Bertz CT molecular complexity index is 436. The number of nitrogens with zero attached hydrogens (tertiary/aromatic N) is 3. The standard InChI is InChI=1S/C11H15F3N4O/c1-3-16-9-6-15-5-8(17-9)10(19)18(4-2)7-11(12,13)14/h5-6H,3-4,7H2,1-2H3,(H,16,17). The van der Waals surface area contributed by atoms with Crippen LogP contribution in [0.15, 0.2) is 12.4 Å². The van der Waals surface area contributed by atoms with E-state index < -0.39 is 18.6 Å². The number of nitrogens with one attached hydrogen (secondary N) is 1. The topological polar surface area (TPSA) is 58.1 Å². The molecule has 0 atom stereocenters. The van der Waals surface area contributed by atoms with Crippen LogP contribution in [0.3, 0.4) is 0 Å². The summed E-state index contributed by atoms with van der Waals surface area (Å²) in [6, 6.07) is 0. The van der Waals surface area contributed by atoms with E-state index in [-0.39, 0.29) is 12.2 Å². The Morgan fingerprint density at radius 2 is 2.05 bits per heavy atom. The van der Waals surface area contributed by atoms with Gasteiger partial charge in [-0.25, -0.2) is 4.98 Å². The highest BCUT2D eigenvalue weighted by molar-refractivity contribution is 5.92. The SMILES string of the molecule is CCNc1cncc(C(=O)N(CC)CC(F)(F)F)n1. The van der Waals surface area contributed by atoms with E-state index in [9.17, 15) is 18.0 Å². The summed E-state index contributed by atoms with van der Waals surface area (Å²) in [5.41, 5.74) is -0.107. The lowest BCUT2D eigenvalue weighted by molar-refractivity contribution is -0.140. The average molecular weight is 276 g/mol. The quantitative estimate of drug-likeness (QED) is 0.892.